The summed E-state index contributed by atoms with van der Waals surface area (Å²) in [5, 5.41) is 9.70. The van der Waals surface area contributed by atoms with Gasteiger partial charge in [-0.25, -0.2) is 9.78 Å². The van der Waals surface area contributed by atoms with E-state index in [0.29, 0.717) is 4.57 Å². The highest BCUT2D eigenvalue weighted by Crippen LogP contribution is 2.43. The number of hydrogen-bond acceptors (Lipinski definition) is 4. The largest absolute Gasteiger partial charge is 0.417 e. The first kappa shape index (κ1) is 19.5. The third-order valence-electron chi connectivity index (χ3n) is 5.16. The molecule has 1 aliphatic rings. The maximum Gasteiger partial charge on any atom is 0.417 e. The second-order valence-corrected chi connectivity index (χ2v) is 6.83. The summed E-state index contributed by atoms with van der Waals surface area (Å²) >= 11 is 0. The second-order valence-electron chi connectivity index (χ2n) is 6.83. The lowest BCUT2D eigenvalue weighted by atomic mass is 9.78. The lowest BCUT2D eigenvalue weighted by molar-refractivity contribution is -0.272. The summed E-state index contributed by atoms with van der Waals surface area (Å²) < 4.78 is 66.7. The summed E-state index contributed by atoms with van der Waals surface area (Å²) in [5.41, 5.74) is -5.14. The smallest absolute Gasteiger partial charge is 0.380 e. The van der Waals surface area contributed by atoms with Gasteiger partial charge in [0.2, 0.25) is 0 Å². The van der Waals surface area contributed by atoms with Crippen LogP contribution in [0.4, 0.5) is 22.0 Å². The predicted molar refractivity (Wildman–Crippen MR) is 83.4 cm³/mol. The molecule has 0 atom stereocenters. The summed E-state index contributed by atoms with van der Waals surface area (Å²) in [6.07, 6.45) is -5.11. The van der Waals surface area contributed by atoms with Crippen molar-refractivity contribution in [2.45, 2.75) is 50.6 Å². The molecule has 0 aliphatic heterocycles. The van der Waals surface area contributed by atoms with Gasteiger partial charge in [0, 0.05) is 13.6 Å². The molecule has 1 aliphatic carbocycles. The van der Waals surface area contributed by atoms with Gasteiger partial charge in [-0.3, -0.25) is 18.5 Å². The number of aryl methyl sites for hydroxylation is 1. The zero-order valence-electron chi connectivity index (χ0n) is 14.2. The van der Waals surface area contributed by atoms with Gasteiger partial charge in [-0.15, -0.1) is 0 Å². The molecule has 150 valence electrons. The first-order chi connectivity index (χ1) is 12.5. The van der Waals surface area contributed by atoms with Crippen molar-refractivity contribution in [2.24, 2.45) is 13.0 Å². The van der Waals surface area contributed by atoms with Gasteiger partial charge in [-0.05, 0) is 31.6 Å². The summed E-state index contributed by atoms with van der Waals surface area (Å²) in [6.45, 7) is -3.16. The Hall–Kier alpha value is -2.24. The number of halogens is 5. The lowest BCUT2D eigenvalue weighted by Gasteiger charge is -2.37. The van der Waals surface area contributed by atoms with E-state index in [9.17, 15) is 36.6 Å². The van der Waals surface area contributed by atoms with Crippen molar-refractivity contribution in [1.29, 1.82) is 0 Å². The van der Waals surface area contributed by atoms with Crippen molar-refractivity contribution < 1.29 is 27.1 Å². The molecule has 2 heterocycles. The minimum Gasteiger partial charge on any atom is -0.380 e. The van der Waals surface area contributed by atoms with Gasteiger partial charge in [0.25, 0.3) is 5.56 Å². The molecule has 0 amide bonds. The molecule has 2 aromatic heterocycles. The van der Waals surface area contributed by atoms with Crippen LogP contribution in [0.25, 0.3) is 11.2 Å². The van der Waals surface area contributed by atoms with E-state index in [-0.39, 0.29) is 30.6 Å². The Morgan fingerprint density at radius 1 is 1.30 bits per heavy atom. The van der Waals surface area contributed by atoms with Crippen molar-refractivity contribution in [3.05, 3.63) is 27.2 Å². The molecule has 1 fully saturated rings. The van der Waals surface area contributed by atoms with Crippen molar-refractivity contribution in [1.82, 2.24) is 18.7 Å². The molecule has 7 nitrogen and oxygen atoms in total. The van der Waals surface area contributed by atoms with Gasteiger partial charge in [-0.2, -0.15) is 22.0 Å². The molecule has 0 spiro atoms. The van der Waals surface area contributed by atoms with Gasteiger partial charge < -0.3 is 5.11 Å². The number of hydrogen-bond donors (Lipinski definition) is 1. The van der Waals surface area contributed by atoms with Gasteiger partial charge in [0.05, 0.1) is 0 Å². The number of aromatic nitrogens is 4. The first-order valence-corrected chi connectivity index (χ1v) is 8.20. The number of rotatable bonds is 3. The van der Waals surface area contributed by atoms with Crippen molar-refractivity contribution in [2.75, 3.05) is 0 Å². The maximum absolute atomic E-state index is 13.0. The SMILES string of the molecule is Cn1c(=O)n(CC2CCC(O)(C(F)(F)F)CC2)c(=O)c2ncn(C(F)F)c21. The third-order valence-corrected chi connectivity index (χ3v) is 5.16. The van der Waals surface area contributed by atoms with Crippen LogP contribution in [0.3, 0.4) is 0 Å². The summed E-state index contributed by atoms with van der Waals surface area (Å²) in [4.78, 5) is 28.6. The van der Waals surface area contributed by atoms with Crippen LogP contribution < -0.4 is 11.2 Å². The monoisotopic (exact) mass is 396 g/mol. The molecule has 0 saturated heterocycles. The van der Waals surface area contributed by atoms with Gasteiger partial charge in [0.15, 0.2) is 16.8 Å². The third kappa shape index (κ3) is 3.15. The van der Waals surface area contributed by atoms with Gasteiger partial charge in [0.1, 0.15) is 6.33 Å². The van der Waals surface area contributed by atoms with Crippen molar-refractivity contribution in [3.8, 4) is 0 Å². The van der Waals surface area contributed by atoms with Crippen molar-refractivity contribution in [3.63, 3.8) is 0 Å². The highest BCUT2D eigenvalue weighted by Gasteiger charge is 2.54. The average molecular weight is 396 g/mol. The van der Waals surface area contributed by atoms with Crippen LogP contribution in [-0.4, -0.2) is 35.6 Å². The lowest BCUT2D eigenvalue weighted by Crippen LogP contribution is -2.49. The fourth-order valence-electron chi connectivity index (χ4n) is 3.51. The molecule has 1 N–H and O–H groups in total. The number of imidazole rings is 1. The van der Waals surface area contributed by atoms with Gasteiger partial charge in [-0.1, -0.05) is 0 Å². The summed E-state index contributed by atoms with van der Waals surface area (Å²) in [5.74, 6) is -0.437. The van der Waals surface area contributed by atoms with E-state index in [0.717, 1.165) is 15.5 Å². The Morgan fingerprint density at radius 2 is 1.89 bits per heavy atom. The molecular formula is C15H17F5N4O3. The average Bonchev–Trinajstić information content (AvgIpc) is 3.03. The fraction of sp³-hybridized carbons (Fsp3) is 0.667. The number of aliphatic hydroxyl groups is 1. The number of alkyl halides is 5. The molecule has 2 aromatic rings. The molecule has 12 heteroatoms. The Bertz CT molecular complexity index is 967. The zero-order valence-corrected chi connectivity index (χ0v) is 14.2. The maximum atomic E-state index is 13.0. The molecule has 3 rings (SSSR count). The first-order valence-electron chi connectivity index (χ1n) is 8.20. The number of fused-ring (bicyclic) bond motifs is 1. The molecule has 0 unspecified atom stereocenters. The van der Waals surface area contributed by atoms with Crippen LogP contribution in [0.5, 0.6) is 0 Å². The normalized spacial score (nSPS) is 24.1. The van der Waals surface area contributed by atoms with E-state index in [4.69, 9.17) is 0 Å². The second kappa shape index (κ2) is 6.43. The standard InChI is InChI=1S/C15H17F5N4O3/c1-22-10-9(21-7-24(10)12(16)17)11(25)23(13(22)26)6-8-2-4-14(27,5-3-8)15(18,19)20/h7-8,12,27H,2-6H2,1H3. The molecule has 27 heavy (non-hydrogen) atoms. The Balaban J connectivity index is 1.91. The summed E-state index contributed by atoms with van der Waals surface area (Å²) in [6, 6.07) is 0. The van der Waals surface area contributed by atoms with Crippen LogP contribution in [0.1, 0.15) is 32.2 Å². The van der Waals surface area contributed by atoms with E-state index in [1.54, 1.807) is 0 Å². The van der Waals surface area contributed by atoms with Crippen molar-refractivity contribution >= 4 is 11.2 Å². The highest BCUT2D eigenvalue weighted by molar-refractivity contribution is 5.69. The van der Waals surface area contributed by atoms with E-state index in [1.165, 1.54) is 7.05 Å². The van der Waals surface area contributed by atoms with Crippen LogP contribution in [0, 0.1) is 5.92 Å². The minimum absolute atomic E-state index is 0.0326. The minimum atomic E-state index is -4.74. The molecule has 1 saturated carbocycles. The van der Waals surface area contributed by atoms with Crippen LogP contribution in [0.15, 0.2) is 15.9 Å². The van der Waals surface area contributed by atoms with E-state index in [1.807, 2.05) is 0 Å². The Morgan fingerprint density at radius 3 is 2.41 bits per heavy atom. The zero-order chi connectivity index (χ0) is 20.1. The fourth-order valence-corrected chi connectivity index (χ4v) is 3.51. The molecule has 0 radical (unpaired) electrons. The molecule has 0 bridgehead atoms. The predicted octanol–water partition coefficient (Wildman–Crippen LogP) is 1.78. The Labute approximate surface area is 148 Å². The summed E-state index contributed by atoms with van der Waals surface area (Å²) in [7, 11) is 1.21. The van der Waals surface area contributed by atoms with E-state index < -0.39 is 48.3 Å². The van der Waals surface area contributed by atoms with Crippen LogP contribution in [-0.2, 0) is 13.6 Å². The topological polar surface area (TPSA) is 82.0 Å². The quantitative estimate of drug-likeness (QED) is 0.802. The Kier molecular flexibility index (Phi) is 4.65. The van der Waals surface area contributed by atoms with E-state index in [2.05, 4.69) is 4.98 Å². The van der Waals surface area contributed by atoms with Gasteiger partial charge >= 0.3 is 18.4 Å². The highest BCUT2D eigenvalue weighted by atomic mass is 19.4. The molecule has 0 aromatic carbocycles. The van der Waals surface area contributed by atoms with Crippen LogP contribution in [0.2, 0.25) is 0 Å². The number of nitrogens with zero attached hydrogens (tertiary/aromatic N) is 4. The van der Waals surface area contributed by atoms with E-state index >= 15 is 0 Å². The molecular weight excluding hydrogens is 379 g/mol. The van der Waals surface area contributed by atoms with Crippen LogP contribution >= 0.6 is 0 Å².